The van der Waals surface area contributed by atoms with Crippen LogP contribution in [-0.4, -0.2) is 53.7 Å². The lowest BCUT2D eigenvalue weighted by atomic mass is 10.1. The molecule has 100 valence electrons. The fraction of sp³-hybridized carbons (Fsp3) is 0.786. The largest absolute Gasteiger partial charge is 0.444 e. The molecule has 4 nitrogen and oxygen atoms in total. The van der Waals surface area contributed by atoms with Crippen LogP contribution in [0.15, 0.2) is 0 Å². The lowest BCUT2D eigenvalue weighted by Gasteiger charge is -2.26. The highest BCUT2D eigenvalue weighted by Crippen LogP contribution is 2.31. The average molecular weight is 250 g/mol. The third-order valence-electron chi connectivity index (χ3n) is 3.61. The molecule has 0 N–H and O–H groups in total. The molecule has 0 aromatic heterocycles. The average Bonchev–Trinajstić information content (AvgIpc) is 2.77. The summed E-state index contributed by atoms with van der Waals surface area (Å²) in [4.78, 5) is 16.1. The summed E-state index contributed by atoms with van der Waals surface area (Å²) < 4.78 is 5.41. The van der Waals surface area contributed by atoms with Crippen molar-refractivity contribution in [2.45, 2.75) is 38.8 Å². The van der Waals surface area contributed by atoms with Crippen molar-refractivity contribution in [2.75, 3.05) is 26.2 Å². The van der Waals surface area contributed by atoms with Crippen molar-refractivity contribution in [3.05, 3.63) is 0 Å². The Bertz CT molecular complexity index is 367. The van der Waals surface area contributed by atoms with E-state index >= 15 is 0 Å². The topological polar surface area (TPSA) is 32.8 Å². The molecule has 18 heavy (non-hydrogen) atoms. The van der Waals surface area contributed by atoms with E-state index in [0.29, 0.717) is 18.5 Å². The number of fused-ring (bicyclic) bond motifs is 1. The Balaban J connectivity index is 1.93. The number of nitrogens with zero attached hydrogens (tertiary/aromatic N) is 2. The van der Waals surface area contributed by atoms with Gasteiger partial charge < -0.3 is 9.64 Å². The smallest absolute Gasteiger partial charge is 0.410 e. The zero-order chi connectivity index (χ0) is 13.3. The van der Waals surface area contributed by atoms with Gasteiger partial charge in [-0.05, 0) is 39.7 Å². The molecule has 2 heterocycles. The van der Waals surface area contributed by atoms with Gasteiger partial charge in [-0.1, -0.05) is 5.92 Å². The maximum atomic E-state index is 12.0. The third kappa shape index (κ3) is 2.78. The van der Waals surface area contributed by atoms with Gasteiger partial charge in [-0.2, -0.15) is 0 Å². The van der Waals surface area contributed by atoms with Gasteiger partial charge in [0.1, 0.15) is 5.60 Å². The number of ether oxygens (including phenoxy) is 1. The molecule has 2 saturated heterocycles. The second-order valence-electron chi connectivity index (χ2n) is 6.18. The molecule has 0 spiro atoms. The van der Waals surface area contributed by atoms with Gasteiger partial charge >= 0.3 is 6.09 Å². The second kappa shape index (κ2) is 4.81. The molecule has 2 unspecified atom stereocenters. The van der Waals surface area contributed by atoms with E-state index in [9.17, 15) is 4.79 Å². The molecule has 0 aromatic carbocycles. The molecule has 0 saturated carbocycles. The summed E-state index contributed by atoms with van der Waals surface area (Å²) in [6, 6.07) is 0.425. The Kier molecular flexibility index (Phi) is 3.54. The van der Waals surface area contributed by atoms with Crippen LogP contribution in [0.2, 0.25) is 0 Å². The van der Waals surface area contributed by atoms with Crippen molar-refractivity contribution in [3.8, 4) is 12.3 Å². The van der Waals surface area contributed by atoms with Crippen LogP contribution in [0.1, 0.15) is 27.2 Å². The Morgan fingerprint density at radius 2 is 2.17 bits per heavy atom. The maximum Gasteiger partial charge on any atom is 0.410 e. The monoisotopic (exact) mass is 250 g/mol. The van der Waals surface area contributed by atoms with Crippen molar-refractivity contribution in [1.82, 2.24) is 9.80 Å². The maximum absolute atomic E-state index is 12.0. The standard InChI is InChI=1S/C14H22N2O2/c1-5-7-15-8-6-11-9-16(10-12(11)15)13(17)18-14(2,3)4/h1,11-12H,6-10H2,2-4H3. The Morgan fingerprint density at radius 1 is 1.44 bits per heavy atom. The van der Waals surface area contributed by atoms with Crippen LogP contribution in [-0.2, 0) is 4.74 Å². The van der Waals surface area contributed by atoms with E-state index in [1.165, 1.54) is 0 Å². The van der Waals surface area contributed by atoms with Gasteiger partial charge in [-0.15, -0.1) is 6.42 Å². The highest BCUT2D eigenvalue weighted by molar-refractivity contribution is 5.68. The molecular formula is C14H22N2O2. The van der Waals surface area contributed by atoms with E-state index in [2.05, 4.69) is 10.8 Å². The number of hydrogen-bond acceptors (Lipinski definition) is 3. The van der Waals surface area contributed by atoms with E-state index in [-0.39, 0.29) is 6.09 Å². The highest BCUT2D eigenvalue weighted by Gasteiger charge is 2.43. The molecule has 0 bridgehead atoms. The number of hydrogen-bond donors (Lipinski definition) is 0. The Labute approximate surface area is 109 Å². The summed E-state index contributed by atoms with van der Waals surface area (Å²) in [5, 5.41) is 0. The number of carbonyl (C=O) groups is 1. The van der Waals surface area contributed by atoms with Crippen molar-refractivity contribution in [2.24, 2.45) is 5.92 Å². The van der Waals surface area contributed by atoms with Crippen LogP contribution in [0.5, 0.6) is 0 Å². The molecular weight excluding hydrogens is 228 g/mol. The van der Waals surface area contributed by atoms with Gasteiger partial charge in [0.2, 0.25) is 0 Å². The minimum atomic E-state index is -0.423. The minimum Gasteiger partial charge on any atom is -0.444 e. The van der Waals surface area contributed by atoms with Crippen LogP contribution in [0.3, 0.4) is 0 Å². The van der Waals surface area contributed by atoms with E-state index < -0.39 is 5.60 Å². The van der Waals surface area contributed by atoms with Crippen molar-refractivity contribution < 1.29 is 9.53 Å². The highest BCUT2D eigenvalue weighted by atomic mass is 16.6. The molecule has 4 heteroatoms. The molecule has 0 aliphatic carbocycles. The fourth-order valence-corrected chi connectivity index (χ4v) is 2.84. The first-order chi connectivity index (χ1) is 8.40. The molecule has 0 radical (unpaired) electrons. The molecule has 2 fully saturated rings. The van der Waals surface area contributed by atoms with Gasteiger partial charge in [0, 0.05) is 19.1 Å². The van der Waals surface area contributed by atoms with Gasteiger partial charge in [-0.25, -0.2) is 4.79 Å². The second-order valence-corrected chi connectivity index (χ2v) is 6.18. The van der Waals surface area contributed by atoms with Gasteiger partial charge in [0.05, 0.1) is 6.54 Å². The van der Waals surface area contributed by atoms with Crippen LogP contribution < -0.4 is 0 Å². The summed E-state index contributed by atoms with van der Waals surface area (Å²) in [5.74, 6) is 3.26. The lowest BCUT2D eigenvalue weighted by molar-refractivity contribution is 0.0274. The lowest BCUT2D eigenvalue weighted by Crippen LogP contribution is -2.39. The van der Waals surface area contributed by atoms with E-state index in [1.807, 2.05) is 25.7 Å². The zero-order valence-electron chi connectivity index (χ0n) is 11.5. The molecule has 2 atom stereocenters. The van der Waals surface area contributed by atoms with Gasteiger partial charge in [0.25, 0.3) is 0 Å². The van der Waals surface area contributed by atoms with E-state index in [1.54, 1.807) is 0 Å². The summed E-state index contributed by atoms with van der Waals surface area (Å²) in [7, 11) is 0. The van der Waals surface area contributed by atoms with Crippen LogP contribution in [0, 0.1) is 18.3 Å². The summed E-state index contributed by atoms with van der Waals surface area (Å²) in [5.41, 5.74) is -0.423. The number of amides is 1. The van der Waals surface area contributed by atoms with E-state index in [4.69, 9.17) is 11.2 Å². The van der Waals surface area contributed by atoms with Crippen LogP contribution >= 0.6 is 0 Å². The first-order valence-corrected chi connectivity index (χ1v) is 6.56. The fourth-order valence-electron chi connectivity index (χ4n) is 2.84. The molecule has 0 aromatic rings. The predicted molar refractivity (Wildman–Crippen MR) is 70.1 cm³/mol. The van der Waals surface area contributed by atoms with Crippen molar-refractivity contribution >= 4 is 6.09 Å². The predicted octanol–water partition coefficient (Wildman–Crippen LogP) is 1.56. The molecule has 2 aliphatic rings. The first-order valence-electron chi connectivity index (χ1n) is 6.56. The summed E-state index contributed by atoms with van der Waals surface area (Å²) in [6.07, 6.45) is 6.31. The Hall–Kier alpha value is -1.21. The van der Waals surface area contributed by atoms with E-state index in [0.717, 1.165) is 26.1 Å². The number of carbonyl (C=O) groups excluding carboxylic acids is 1. The summed E-state index contributed by atoms with van der Waals surface area (Å²) in [6.45, 7) is 8.98. The van der Waals surface area contributed by atoms with Crippen molar-refractivity contribution in [3.63, 3.8) is 0 Å². The number of rotatable bonds is 1. The minimum absolute atomic E-state index is 0.197. The van der Waals surface area contributed by atoms with Crippen molar-refractivity contribution in [1.29, 1.82) is 0 Å². The van der Waals surface area contributed by atoms with Crippen LogP contribution in [0.25, 0.3) is 0 Å². The van der Waals surface area contributed by atoms with Gasteiger partial charge in [-0.3, -0.25) is 4.90 Å². The van der Waals surface area contributed by atoms with Gasteiger partial charge in [0.15, 0.2) is 0 Å². The quantitative estimate of drug-likeness (QED) is 0.662. The SMILES string of the molecule is C#CCN1CCC2CN(C(=O)OC(C)(C)C)CC21. The number of terminal acetylenes is 1. The molecule has 2 rings (SSSR count). The number of likely N-dealkylation sites (tertiary alicyclic amines) is 2. The normalized spacial score (nSPS) is 28.0. The third-order valence-corrected chi connectivity index (χ3v) is 3.61. The molecule has 2 aliphatic heterocycles. The first kappa shape index (κ1) is 13.2. The summed E-state index contributed by atoms with van der Waals surface area (Å²) >= 11 is 0. The Morgan fingerprint density at radius 3 is 2.78 bits per heavy atom. The van der Waals surface area contributed by atoms with Crippen LogP contribution in [0.4, 0.5) is 4.79 Å². The zero-order valence-corrected chi connectivity index (χ0v) is 11.5. The molecule has 1 amide bonds.